The first kappa shape index (κ1) is 34.3. The predicted octanol–water partition coefficient (Wildman–Crippen LogP) is 13.4. The van der Waals surface area contributed by atoms with Crippen molar-refractivity contribution in [1.82, 2.24) is 41.9 Å². The van der Waals surface area contributed by atoms with Crippen molar-refractivity contribution in [2.45, 2.75) is 0 Å². The van der Waals surface area contributed by atoms with Crippen LogP contribution < -0.4 is 0 Å². The Morgan fingerprint density at radius 1 is 0.227 bits per heavy atom. The van der Waals surface area contributed by atoms with Gasteiger partial charge in [-0.2, -0.15) is 0 Å². The Labute approximate surface area is 373 Å². The van der Waals surface area contributed by atoms with E-state index in [-0.39, 0.29) is 0 Å². The number of rotatable bonds is 3. The number of imidazole rings is 3. The monoisotopic (exact) mass is 843 g/mol. The molecule has 0 bridgehead atoms. The Morgan fingerprint density at radius 3 is 0.697 bits per heavy atom. The summed E-state index contributed by atoms with van der Waals surface area (Å²) in [6, 6.07) is 71.7. The molecule has 7 heterocycles. The highest BCUT2D eigenvalue weighted by molar-refractivity contribution is 6.12. The quantitative estimate of drug-likeness (QED) is 0.178. The lowest BCUT2D eigenvalue weighted by Gasteiger charge is -2.10. The zero-order valence-electron chi connectivity index (χ0n) is 35.1. The van der Waals surface area contributed by atoms with E-state index < -0.39 is 0 Å². The largest absolute Gasteiger partial charge is 0.309 e. The lowest BCUT2D eigenvalue weighted by atomic mass is 10.2. The fourth-order valence-corrected chi connectivity index (χ4v) is 11.2. The van der Waals surface area contributed by atoms with Crippen LogP contribution in [0.4, 0.5) is 0 Å². The molecule has 0 aliphatic carbocycles. The average molecular weight is 844 g/mol. The third-order valence-corrected chi connectivity index (χ3v) is 14.0. The van der Waals surface area contributed by atoms with Crippen LogP contribution in [-0.4, -0.2) is 41.9 Å². The van der Waals surface area contributed by atoms with E-state index in [1.165, 1.54) is 32.3 Å². The molecule has 66 heavy (non-hydrogen) atoms. The standard InChI is InChI=1S/C57H33N9/c1-7-19-46-37(13-1)38-14-2-8-20-47(38)61(46)34-25-28-43-52(31-34)64-55(58-43)65-54-33-36(63-50-23-11-5-17-41(50)42-18-6-12-24-51(42)63)27-30-45(54)60-57(65)66-53-32-35(26-29-44(53)59-56(64)66)62-48-21-9-3-15-39(48)40-16-4-10-22-49(40)62/h1-33H. The first-order valence-corrected chi connectivity index (χ1v) is 22.3. The lowest BCUT2D eigenvalue weighted by Crippen LogP contribution is -2.04. The van der Waals surface area contributed by atoms with Crippen molar-refractivity contribution in [3.63, 3.8) is 0 Å². The van der Waals surface area contributed by atoms with Crippen LogP contribution in [0.25, 0.3) is 133 Å². The van der Waals surface area contributed by atoms with Crippen molar-refractivity contribution in [2.24, 2.45) is 0 Å². The highest BCUT2D eigenvalue weighted by Gasteiger charge is 2.24. The van der Waals surface area contributed by atoms with Crippen molar-refractivity contribution < 1.29 is 0 Å². The van der Waals surface area contributed by atoms with Gasteiger partial charge in [0.15, 0.2) is 0 Å². The second-order valence-corrected chi connectivity index (χ2v) is 17.4. The van der Waals surface area contributed by atoms with E-state index in [9.17, 15) is 0 Å². The lowest BCUT2D eigenvalue weighted by molar-refractivity contribution is 1.01. The molecule has 0 saturated carbocycles. The smallest absolute Gasteiger partial charge is 0.225 e. The van der Waals surface area contributed by atoms with Gasteiger partial charge in [-0.1, -0.05) is 109 Å². The molecule has 0 spiro atoms. The SMILES string of the molecule is c1ccc2c(c1)c1ccccc1n2-c1ccc2nc3n(c2c1)c1nc2ccc(-n4c5ccccc5c5ccccc54)cc2n1c1nc2ccc(-n4c5ccccc5c5ccccc54)cc2n31. The molecule has 0 radical (unpaired) electrons. The van der Waals surface area contributed by atoms with E-state index in [1.54, 1.807) is 0 Å². The molecule has 0 amide bonds. The summed E-state index contributed by atoms with van der Waals surface area (Å²) in [6.07, 6.45) is 0. The average Bonchev–Trinajstić information content (AvgIpc) is 4.22. The molecule has 0 fully saturated rings. The Morgan fingerprint density at radius 2 is 0.455 bits per heavy atom. The third kappa shape index (κ3) is 4.31. The van der Waals surface area contributed by atoms with Gasteiger partial charge in [0.05, 0.1) is 66.2 Å². The highest BCUT2D eigenvalue weighted by atomic mass is 15.3. The normalized spacial score (nSPS) is 12.5. The molecule has 0 unspecified atom stereocenters. The molecule has 0 aliphatic heterocycles. The summed E-state index contributed by atoms with van der Waals surface area (Å²) >= 11 is 0. The molecular formula is C57H33N9. The summed E-state index contributed by atoms with van der Waals surface area (Å²) in [5.41, 5.74) is 15.5. The molecule has 0 atom stereocenters. The van der Waals surface area contributed by atoms with Gasteiger partial charge in [0, 0.05) is 49.4 Å². The maximum Gasteiger partial charge on any atom is 0.225 e. The fraction of sp³-hybridized carbons (Fsp3) is 0. The summed E-state index contributed by atoms with van der Waals surface area (Å²) in [5.74, 6) is 2.23. The number of hydrogen-bond acceptors (Lipinski definition) is 3. The summed E-state index contributed by atoms with van der Waals surface area (Å²) in [4.78, 5) is 16.4. The van der Waals surface area contributed by atoms with Crippen molar-refractivity contribution in [3.05, 3.63) is 200 Å². The molecule has 0 N–H and O–H groups in total. The maximum atomic E-state index is 5.46. The summed E-state index contributed by atoms with van der Waals surface area (Å²) in [6.45, 7) is 0. The zero-order chi connectivity index (χ0) is 42.8. The third-order valence-electron chi connectivity index (χ3n) is 14.0. The van der Waals surface area contributed by atoms with Crippen LogP contribution in [0, 0.1) is 0 Å². The number of benzene rings is 9. The van der Waals surface area contributed by atoms with Crippen LogP contribution in [0.3, 0.4) is 0 Å². The van der Waals surface area contributed by atoms with E-state index in [4.69, 9.17) is 15.0 Å². The number of fused-ring (bicyclic) bond motifs is 21. The molecule has 9 heteroatoms. The van der Waals surface area contributed by atoms with E-state index in [2.05, 4.69) is 227 Å². The van der Waals surface area contributed by atoms with Crippen LogP contribution in [0.2, 0.25) is 0 Å². The number of nitrogens with zero attached hydrogens (tertiary/aromatic N) is 9. The van der Waals surface area contributed by atoms with Crippen LogP contribution in [0.15, 0.2) is 200 Å². The van der Waals surface area contributed by atoms with Crippen LogP contribution in [-0.2, 0) is 0 Å². The predicted molar refractivity (Wildman–Crippen MR) is 268 cm³/mol. The minimum absolute atomic E-state index is 0.742. The van der Waals surface area contributed by atoms with Crippen LogP contribution in [0.1, 0.15) is 0 Å². The van der Waals surface area contributed by atoms with E-state index in [1.807, 2.05) is 0 Å². The van der Waals surface area contributed by atoms with Gasteiger partial charge in [-0.3, -0.25) is 0 Å². The number of hydrogen-bond donors (Lipinski definition) is 0. The van der Waals surface area contributed by atoms with Crippen LogP contribution in [0.5, 0.6) is 0 Å². The molecule has 0 saturated heterocycles. The van der Waals surface area contributed by atoms with Gasteiger partial charge in [-0.25, -0.2) is 28.2 Å². The molecule has 16 aromatic rings. The Balaban J connectivity index is 1.04. The first-order valence-electron chi connectivity index (χ1n) is 22.3. The van der Waals surface area contributed by atoms with Gasteiger partial charge in [0.2, 0.25) is 17.3 Å². The van der Waals surface area contributed by atoms with Crippen LogP contribution >= 0.6 is 0 Å². The molecule has 9 nitrogen and oxygen atoms in total. The minimum Gasteiger partial charge on any atom is -0.309 e. The second kappa shape index (κ2) is 12.3. The zero-order valence-corrected chi connectivity index (χ0v) is 35.1. The van der Waals surface area contributed by atoms with Crippen molar-refractivity contribution >= 4 is 116 Å². The summed E-state index contributed by atoms with van der Waals surface area (Å²) in [7, 11) is 0. The molecule has 7 aromatic heterocycles. The highest BCUT2D eigenvalue weighted by Crippen LogP contribution is 2.38. The first-order chi connectivity index (χ1) is 32.7. The van der Waals surface area contributed by atoms with E-state index in [0.717, 1.165) is 101 Å². The van der Waals surface area contributed by atoms with Gasteiger partial charge in [0.25, 0.3) is 0 Å². The summed E-state index contributed by atoms with van der Waals surface area (Å²) < 4.78 is 13.8. The van der Waals surface area contributed by atoms with Gasteiger partial charge < -0.3 is 13.7 Å². The van der Waals surface area contributed by atoms with Gasteiger partial charge in [0.1, 0.15) is 0 Å². The topological polar surface area (TPSA) is 66.7 Å². The van der Waals surface area contributed by atoms with E-state index in [0.29, 0.717) is 0 Å². The van der Waals surface area contributed by atoms with Crippen molar-refractivity contribution in [1.29, 1.82) is 0 Å². The second-order valence-electron chi connectivity index (χ2n) is 17.4. The fourth-order valence-electron chi connectivity index (χ4n) is 11.2. The van der Waals surface area contributed by atoms with Gasteiger partial charge in [-0.05, 0) is 91.0 Å². The van der Waals surface area contributed by atoms with E-state index >= 15 is 0 Å². The molecule has 306 valence electrons. The Kier molecular flexibility index (Phi) is 6.38. The molecule has 9 aromatic carbocycles. The van der Waals surface area contributed by atoms with Gasteiger partial charge >= 0.3 is 0 Å². The molecular weight excluding hydrogens is 811 g/mol. The van der Waals surface area contributed by atoms with Gasteiger partial charge in [-0.15, -0.1) is 0 Å². The summed E-state index contributed by atoms with van der Waals surface area (Å²) in [5, 5.41) is 7.32. The number of aromatic nitrogens is 9. The minimum atomic E-state index is 0.742. The Bertz CT molecular complexity index is 4110. The Hall–Kier alpha value is -9.21. The molecule has 16 rings (SSSR count). The molecule has 0 aliphatic rings. The maximum absolute atomic E-state index is 5.46. The van der Waals surface area contributed by atoms with Crippen molar-refractivity contribution in [3.8, 4) is 17.1 Å². The number of para-hydroxylation sites is 6. The van der Waals surface area contributed by atoms with Crippen molar-refractivity contribution in [2.75, 3.05) is 0 Å².